The van der Waals surface area contributed by atoms with E-state index >= 15 is 0 Å². The van der Waals surface area contributed by atoms with E-state index in [1.165, 1.54) is 0 Å². The van der Waals surface area contributed by atoms with Crippen LogP contribution in [0, 0.1) is 0 Å². The zero-order valence-corrected chi connectivity index (χ0v) is 10.1. The maximum absolute atomic E-state index is 11.7. The first-order valence-corrected chi connectivity index (χ1v) is 5.87. The van der Waals surface area contributed by atoms with Gasteiger partial charge in [-0.05, 0) is 31.4 Å². The molecule has 94 valence electrons. The number of amides is 1. The monoisotopic (exact) mass is 236 g/mol. The second-order valence-electron chi connectivity index (χ2n) is 4.21. The normalized spacial score (nSPS) is 12.1. The smallest absolute Gasteiger partial charge is 0.224 e. The molecule has 0 radical (unpaired) electrons. The summed E-state index contributed by atoms with van der Waals surface area (Å²) in [6.07, 6.45) is 1.79. The zero-order chi connectivity index (χ0) is 12.7. The molecule has 1 amide bonds. The summed E-state index contributed by atoms with van der Waals surface area (Å²) in [6.45, 7) is 2.09. The van der Waals surface area contributed by atoms with Gasteiger partial charge in [0.25, 0.3) is 0 Å². The van der Waals surface area contributed by atoms with Gasteiger partial charge in [0.1, 0.15) is 0 Å². The average molecular weight is 236 g/mol. The summed E-state index contributed by atoms with van der Waals surface area (Å²) in [5.41, 5.74) is 7.26. The van der Waals surface area contributed by atoms with E-state index in [0.717, 1.165) is 12.0 Å². The molecule has 0 aliphatic rings. The first kappa shape index (κ1) is 13.5. The molecule has 0 aromatic heterocycles. The lowest BCUT2D eigenvalue weighted by molar-refractivity contribution is -0.121. The number of rotatable bonds is 6. The molecule has 0 aliphatic heterocycles. The number of hydrogen-bond acceptors (Lipinski definition) is 3. The molecule has 1 atom stereocenters. The highest BCUT2D eigenvalue weighted by Gasteiger charge is 2.09. The number of carbonyl (C=O) groups is 1. The molecule has 0 saturated heterocycles. The van der Waals surface area contributed by atoms with Crippen molar-refractivity contribution in [2.75, 3.05) is 12.3 Å². The van der Waals surface area contributed by atoms with Crippen LogP contribution in [0.4, 0.5) is 5.69 Å². The maximum atomic E-state index is 11.7. The molecule has 1 aromatic carbocycles. The number of nitrogens with one attached hydrogen (secondary N) is 1. The Morgan fingerprint density at radius 2 is 2.18 bits per heavy atom. The first-order chi connectivity index (χ1) is 8.13. The van der Waals surface area contributed by atoms with Crippen molar-refractivity contribution in [2.24, 2.45) is 0 Å². The van der Waals surface area contributed by atoms with Gasteiger partial charge in [-0.25, -0.2) is 0 Å². The number of aliphatic hydroxyl groups is 1. The van der Waals surface area contributed by atoms with Crippen LogP contribution in [0.15, 0.2) is 24.3 Å². The molecular formula is C13H20N2O2. The van der Waals surface area contributed by atoms with Crippen LogP contribution in [0.5, 0.6) is 0 Å². The third kappa shape index (κ3) is 4.87. The second kappa shape index (κ2) is 6.91. The van der Waals surface area contributed by atoms with Gasteiger partial charge < -0.3 is 16.2 Å². The van der Waals surface area contributed by atoms with E-state index in [0.29, 0.717) is 18.5 Å². The van der Waals surface area contributed by atoms with Crippen LogP contribution in [0.2, 0.25) is 0 Å². The van der Waals surface area contributed by atoms with Gasteiger partial charge in [0.2, 0.25) is 5.91 Å². The highest BCUT2D eigenvalue weighted by molar-refractivity contribution is 5.80. The molecule has 0 heterocycles. The SMILES string of the molecule is CC(CCCO)NC(=O)Cc1ccccc1N. The van der Waals surface area contributed by atoms with E-state index in [2.05, 4.69) is 5.32 Å². The van der Waals surface area contributed by atoms with Gasteiger partial charge in [0, 0.05) is 18.3 Å². The molecule has 1 rings (SSSR count). The third-order valence-corrected chi connectivity index (χ3v) is 2.61. The molecule has 0 fully saturated rings. The van der Waals surface area contributed by atoms with Crippen LogP contribution in [0.1, 0.15) is 25.3 Å². The van der Waals surface area contributed by atoms with Gasteiger partial charge in [-0.1, -0.05) is 18.2 Å². The summed E-state index contributed by atoms with van der Waals surface area (Å²) in [5.74, 6) is -0.0339. The Morgan fingerprint density at radius 3 is 2.82 bits per heavy atom. The highest BCUT2D eigenvalue weighted by atomic mass is 16.2. The van der Waals surface area contributed by atoms with Gasteiger partial charge in [0.15, 0.2) is 0 Å². The molecule has 0 spiro atoms. The van der Waals surface area contributed by atoms with E-state index in [9.17, 15) is 4.79 Å². The quantitative estimate of drug-likeness (QED) is 0.647. The van der Waals surface area contributed by atoms with Crippen LogP contribution >= 0.6 is 0 Å². The fourth-order valence-electron chi connectivity index (χ4n) is 1.66. The summed E-state index contributed by atoms with van der Waals surface area (Å²) >= 11 is 0. The number of carbonyl (C=O) groups excluding carboxylic acids is 1. The number of benzene rings is 1. The van der Waals surface area contributed by atoms with Crippen molar-refractivity contribution in [3.8, 4) is 0 Å². The van der Waals surface area contributed by atoms with Crippen LogP contribution in [-0.4, -0.2) is 23.7 Å². The Kier molecular flexibility index (Phi) is 5.49. The molecule has 0 bridgehead atoms. The Morgan fingerprint density at radius 1 is 1.47 bits per heavy atom. The predicted molar refractivity (Wildman–Crippen MR) is 68.5 cm³/mol. The van der Waals surface area contributed by atoms with Crippen LogP contribution in [-0.2, 0) is 11.2 Å². The molecule has 0 aliphatic carbocycles. The first-order valence-electron chi connectivity index (χ1n) is 5.87. The van der Waals surface area contributed by atoms with E-state index in [4.69, 9.17) is 10.8 Å². The fourth-order valence-corrected chi connectivity index (χ4v) is 1.66. The lowest BCUT2D eigenvalue weighted by Gasteiger charge is -2.13. The van der Waals surface area contributed by atoms with E-state index in [1.54, 1.807) is 6.07 Å². The minimum Gasteiger partial charge on any atom is -0.398 e. The number of nitrogens with two attached hydrogens (primary N) is 1. The summed E-state index contributed by atoms with van der Waals surface area (Å²) in [7, 11) is 0. The lowest BCUT2D eigenvalue weighted by Crippen LogP contribution is -2.33. The second-order valence-corrected chi connectivity index (χ2v) is 4.21. The van der Waals surface area contributed by atoms with Crippen LogP contribution in [0.25, 0.3) is 0 Å². The largest absolute Gasteiger partial charge is 0.398 e. The van der Waals surface area contributed by atoms with Crippen molar-refractivity contribution in [1.29, 1.82) is 0 Å². The average Bonchev–Trinajstić information content (AvgIpc) is 2.29. The van der Waals surface area contributed by atoms with E-state index in [-0.39, 0.29) is 18.6 Å². The lowest BCUT2D eigenvalue weighted by atomic mass is 10.1. The number of para-hydroxylation sites is 1. The summed E-state index contributed by atoms with van der Waals surface area (Å²) < 4.78 is 0. The van der Waals surface area contributed by atoms with Crippen LogP contribution < -0.4 is 11.1 Å². The third-order valence-electron chi connectivity index (χ3n) is 2.61. The number of nitrogen functional groups attached to an aromatic ring is 1. The fraction of sp³-hybridized carbons (Fsp3) is 0.462. The van der Waals surface area contributed by atoms with Crippen LogP contribution in [0.3, 0.4) is 0 Å². The zero-order valence-electron chi connectivity index (χ0n) is 10.1. The molecule has 1 aromatic rings. The molecule has 4 heteroatoms. The van der Waals surface area contributed by atoms with Gasteiger partial charge in [-0.2, -0.15) is 0 Å². The molecule has 0 saturated carbocycles. The standard InChI is InChI=1S/C13H20N2O2/c1-10(5-4-8-16)15-13(17)9-11-6-2-3-7-12(11)14/h2-3,6-7,10,16H,4-5,8-9,14H2,1H3,(H,15,17). The van der Waals surface area contributed by atoms with Gasteiger partial charge in [0.05, 0.1) is 6.42 Å². The predicted octanol–water partition coefficient (Wildman–Crippen LogP) is 1.09. The van der Waals surface area contributed by atoms with E-state index in [1.807, 2.05) is 25.1 Å². The van der Waals surface area contributed by atoms with Crippen molar-refractivity contribution in [1.82, 2.24) is 5.32 Å². The van der Waals surface area contributed by atoms with Gasteiger partial charge in [-0.15, -0.1) is 0 Å². The maximum Gasteiger partial charge on any atom is 0.224 e. The summed E-state index contributed by atoms with van der Waals surface area (Å²) in [6, 6.07) is 7.44. The highest BCUT2D eigenvalue weighted by Crippen LogP contribution is 2.11. The van der Waals surface area contributed by atoms with Crippen molar-refractivity contribution in [3.63, 3.8) is 0 Å². The van der Waals surface area contributed by atoms with Gasteiger partial charge >= 0.3 is 0 Å². The molecule has 4 nitrogen and oxygen atoms in total. The molecular weight excluding hydrogens is 216 g/mol. The number of hydrogen-bond donors (Lipinski definition) is 3. The van der Waals surface area contributed by atoms with Crippen molar-refractivity contribution < 1.29 is 9.90 Å². The molecule has 17 heavy (non-hydrogen) atoms. The molecule has 4 N–H and O–H groups in total. The van der Waals surface area contributed by atoms with Crippen molar-refractivity contribution >= 4 is 11.6 Å². The van der Waals surface area contributed by atoms with Crippen molar-refractivity contribution in [2.45, 2.75) is 32.2 Å². The Balaban J connectivity index is 2.42. The van der Waals surface area contributed by atoms with Gasteiger partial charge in [-0.3, -0.25) is 4.79 Å². The summed E-state index contributed by atoms with van der Waals surface area (Å²) in [5, 5.41) is 11.6. The van der Waals surface area contributed by atoms with E-state index < -0.39 is 0 Å². The minimum absolute atomic E-state index is 0.0339. The Bertz CT molecular complexity index is 366. The molecule has 1 unspecified atom stereocenters. The minimum atomic E-state index is -0.0339. The Hall–Kier alpha value is -1.55. The number of aliphatic hydroxyl groups excluding tert-OH is 1. The van der Waals surface area contributed by atoms with Crippen molar-refractivity contribution in [3.05, 3.63) is 29.8 Å². The summed E-state index contributed by atoms with van der Waals surface area (Å²) in [4.78, 5) is 11.7. The number of anilines is 1. The Labute approximate surface area is 102 Å². The topological polar surface area (TPSA) is 75.3 Å².